The molecule has 2 amide bonds. The summed E-state index contributed by atoms with van der Waals surface area (Å²) in [5.41, 5.74) is 0.646. The second-order valence-electron chi connectivity index (χ2n) is 10.0. The van der Waals surface area contributed by atoms with Gasteiger partial charge >= 0.3 is 0 Å². The van der Waals surface area contributed by atoms with E-state index in [0.717, 1.165) is 25.7 Å². The van der Waals surface area contributed by atoms with E-state index in [1.165, 1.54) is 0 Å². The first-order chi connectivity index (χ1) is 14.1. The number of hydrogen-bond acceptors (Lipinski definition) is 4. The Labute approximate surface area is 180 Å². The summed E-state index contributed by atoms with van der Waals surface area (Å²) in [6.45, 7) is 10.3. The highest BCUT2D eigenvalue weighted by atomic mass is 16.3. The smallest absolute Gasteiger partial charge is 0.251 e. The Morgan fingerprint density at radius 3 is 2.43 bits per heavy atom. The number of rotatable bonds is 5. The van der Waals surface area contributed by atoms with E-state index in [1.807, 2.05) is 20.8 Å². The average Bonchev–Trinajstić information content (AvgIpc) is 2.70. The van der Waals surface area contributed by atoms with Gasteiger partial charge in [0.15, 0.2) is 0 Å². The van der Waals surface area contributed by atoms with Crippen LogP contribution in [0, 0.1) is 29.1 Å². The van der Waals surface area contributed by atoms with Crippen molar-refractivity contribution >= 4 is 11.8 Å². The number of fused-ring (bicyclic) bond motifs is 1. The molecule has 0 unspecified atom stereocenters. The quantitative estimate of drug-likeness (QED) is 0.689. The molecule has 0 radical (unpaired) electrons. The van der Waals surface area contributed by atoms with Crippen molar-refractivity contribution in [3.8, 4) is 0 Å². The standard InChI is InChI=1S/C24H37N3O3/c1-14(2)26-22(29)15(3)18-6-10-24(5)11-7-19(16(4)20(24)21(18)28)27-23(30)17-8-12-25-13-9-17/h8-9,12-16,18-21,28H,6-7,10-11H2,1-5H3,(H,26,29)(H,27,30)/t15-,16-,18-,19-,20+,21-,24+/m0/s1. The third kappa shape index (κ3) is 4.53. The summed E-state index contributed by atoms with van der Waals surface area (Å²) in [6.07, 6.45) is 6.44. The molecule has 0 saturated heterocycles. The minimum absolute atomic E-state index is 0.0111. The number of nitrogens with zero attached hydrogens (tertiary/aromatic N) is 1. The largest absolute Gasteiger partial charge is 0.392 e. The number of amides is 2. The molecule has 3 N–H and O–H groups in total. The topological polar surface area (TPSA) is 91.3 Å². The van der Waals surface area contributed by atoms with Crippen molar-refractivity contribution < 1.29 is 14.7 Å². The maximum atomic E-state index is 12.7. The van der Waals surface area contributed by atoms with Crippen LogP contribution >= 0.6 is 0 Å². The fourth-order valence-corrected chi connectivity index (χ4v) is 5.86. The molecule has 1 heterocycles. The first-order valence-corrected chi connectivity index (χ1v) is 11.3. The molecule has 0 aromatic carbocycles. The molecule has 1 aromatic heterocycles. The predicted molar refractivity (Wildman–Crippen MR) is 117 cm³/mol. The van der Waals surface area contributed by atoms with Gasteiger partial charge in [0.2, 0.25) is 5.91 Å². The van der Waals surface area contributed by atoms with Crippen LogP contribution in [0.15, 0.2) is 24.5 Å². The molecular weight excluding hydrogens is 378 g/mol. The lowest BCUT2D eigenvalue weighted by Gasteiger charge is -2.56. The fourth-order valence-electron chi connectivity index (χ4n) is 5.86. The third-order valence-electron chi connectivity index (χ3n) is 7.63. The molecule has 2 aliphatic rings. The van der Waals surface area contributed by atoms with Gasteiger partial charge in [0, 0.05) is 36.0 Å². The number of aliphatic hydroxyl groups excluding tert-OH is 1. The zero-order chi connectivity index (χ0) is 22.1. The molecule has 3 rings (SSSR count). The van der Waals surface area contributed by atoms with Gasteiger partial charge in [0.1, 0.15) is 0 Å². The Kier molecular flexibility index (Phi) is 6.85. The molecule has 0 aliphatic heterocycles. The summed E-state index contributed by atoms with van der Waals surface area (Å²) in [5, 5.41) is 17.6. The van der Waals surface area contributed by atoms with Gasteiger partial charge in [-0.15, -0.1) is 0 Å². The van der Waals surface area contributed by atoms with Gasteiger partial charge in [-0.2, -0.15) is 0 Å². The summed E-state index contributed by atoms with van der Waals surface area (Å²) < 4.78 is 0. The molecule has 6 nitrogen and oxygen atoms in total. The summed E-state index contributed by atoms with van der Waals surface area (Å²) in [6, 6.07) is 3.53. The highest BCUT2D eigenvalue weighted by molar-refractivity contribution is 5.94. The molecule has 6 heteroatoms. The monoisotopic (exact) mass is 415 g/mol. The molecule has 0 spiro atoms. The van der Waals surface area contributed by atoms with Crippen LogP contribution in [0.5, 0.6) is 0 Å². The van der Waals surface area contributed by atoms with Gasteiger partial charge in [0.25, 0.3) is 5.91 Å². The first kappa shape index (κ1) is 22.7. The number of carbonyl (C=O) groups is 2. The van der Waals surface area contributed by atoms with Crippen LogP contribution in [-0.4, -0.2) is 40.1 Å². The zero-order valence-electron chi connectivity index (χ0n) is 18.9. The first-order valence-electron chi connectivity index (χ1n) is 11.3. The van der Waals surface area contributed by atoms with Gasteiger partial charge in [0.05, 0.1) is 6.10 Å². The van der Waals surface area contributed by atoms with E-state index in [2.05, 4.69) is 29.5 Å². The Morgan fingerprint density at radius 1 is 1.17 bits per heavy atom. The predicted octanol–water partition coefficient (Wildman–Crippen LogP) is 3.16. The van der Waals surface area contributed by atoms with Crippen molar-refractivity contribution in [3.63, 3.8) is 0 Å². The second-order valence-corrected chi connectivity index (χ2v) is 10.0. The molecule has 30 heavy (non-hydrogen) atoms. The molecule has 7 atom stereocenters. The van der Waals surface area contributed by atoms with Crippen molar-refractivity contribution in [1.82, 2.24) is 15.6 Å². The molecule has 2 fully saturated rings. The van der Waals surface area contributed by atoms with Crippen LogP contribution in [0.1, 0.15) is 70.7 Å². The number of hydrogen-bond donors (Lipinski definition) is 3. The Balaban J connectivity index is 1.74. The van der Waals surface area contributed by atoms with Gasteiger partial charge < -0.3 is 15.7 Å². The average molecular weight is 416 g/mol. The van der Waals surface area contributed by atoms with E-state index >= 15 is 0 Å². The number of aromatic nitrogens is 1. The van der Waals surface area contributed by atoms with Crippen LogP contribution in [0.2, 0.25) is 0 Å². The minimum atomic E-state index is -0.549. The zero-order valence-corrected chi connectivity index (χ0v) is 18.9. The van der Waals surface area contributed by atoms with E-state index in [1.54, 1.807) is 24.5 Å². The molecule has 1 aromatic rings. The minimum Gasteiger partial charge on any atom is -0.392 e. The number of nitrogens with one attached hydrogen (secondary N) is 2. The SMILES string of the molecule is CC(C)NC(=O)[C@@H](C)[C@@H]1CC[C@]2(C)CC[C@H](NC(=O)c3ccncc3)[C@H](C)[C@@H]2[C@H]1O. The van der Waals surface area contributed by atoms with Crippen molar-refractivity contribution in [2.45, 2.75) is 78.5 Å². The lowest BCUT2D eigenvalue weighted by molar-refractivity contribution is -0.142. The molecule has 2 saturated carbocycles. The van der Waals surface area contributed by atoms with Crippen LogP contribution in [0.3, 0.4) is 0 Å². The summed E-state index contributed by atoms with van der Waals surface area (Å²) >= 11 is 0. The van der Waals surface area contributed by atoms with Gasteiger partial charge in [-0.1, -0.05) is 20.8 Å². The number of aliphatic hydroxyl groups is 1. The maximum Gasteiger partial charge on any atom is 0.251 e. The highest BCUT2D eigenvalue weighted by Gasteiger charge is 2.53. The highest BCUT2D eigenvalue weighted by Crippen LogP contribution is 2.55. The summed E-state index contributed by atoms with van der Waals surface area (Å²) in [4.78, 5) is 29.3. The Bertz CT molecular complexity index is 753. The number of pyridine rings is 1. The fraction of sp³-hybridized carbons (Fsp3) is 0.708. The second kappa shape index (κ2) is 9.04. The van der Waals surface area contributed by atoms with Gasteiger partial charge in [-0.3, -0.25) is 14.6 Å². The van der Waals surface area contributed by atoms with Crippen LogP contribution in [-0.2, 0) is 4.79 Å². The van der Waals surface area contributed by atoms with E-state index in [9.17, 15) is 14.7 Å². The normalized spacial score (nSPS) is 34.7. The molecule has 2 aliphatic carbocycles. The number of carbonyl (C=O) groups excluding carboxylic acids is 2. The summed E-state index contributed by atoms with van der Waals surface area (Å²) in [5.74, 6) is -0.173. The van der Waals surface area contributed by atoms with Gasteiger partial charge in [-0.05, 0) is 74.8 Å². The lowest BCUT2D eigenvalue weighted by atomic mass is 9.51. The van der Waals surface area contributed by atoms with Crippen molar-refractivity contribution in [2.75, 3.05) is 0 Å². The van der Waals surface area contributed by atoms with Crippen LogP contribution < -0.4 is 10.6 Å². The Morgan fingerprint density at radius 2 is 1.80 bits per heavy atom. The van der Waals surface area contributed by atoms with Crippen LogP contribution in [0.4, 0.5) is 0 Å². The van der Waals surface area contributed by atoms with E-state index in [-0.39, 0.29) is 53.0 Å². The van der Waals surface area contributed by atoms with Gasteiger partial charge in [-0.25, -0.2) is 0 Å². The van der Waals surface area contributed by atoms with Crippen LogP contribution in [0.25, 0.3) is 0 Å². The third-order valence-corrected chi connectivity index (χ3v) is 7.63. The molecule has 0 bridgehead atoms. The molecular formula is C24H37N3O3. The van der Waals surface area contributed by atoms with E-state index in [0.29, 0.717) is 5.56 Å². The Hall–Kier alpha value is -1.95. The molecule has 166 valence electrons. The van der Waals surface area contributed by atoms with Crippen molar-refractivity contribution in [3.05, 3.63) is 30.1 Å². The summed E-state index contributed by atoms with van der Waals surface area (Å²) in [7, 11) is 0. The maximum absolute atomic E-state index is 12.7. The van der Waals surface area contributed by atoms with Crippen molar-refractivity contribution in [2.24, 2.45) is 29.1 Å². The lowest BCUT2D eigenvalue weighted by Crippen LogP contribution is -2.58. The van der Waals surface area contributed by atoms with E-state index in [4.69, 9.17) is 0 Å². The van der Waals surface area contributed by atoms with E-state index < -0.39 is 6.10 Å². The van der Waals surface area contributed by atoms with Crippen molar-refractivity contribution in [1.29, 1.82) is 0 Å².